The van der Waals surface area contributed by atoms with Crippen molar-refractivity contribution in [1.82, 2.24) is 14.9 Å². The molecule has 0 radical (unpaired) electrons. The molecule has 4 nitrogen and oxygen atoms in total. The van der Waals surface area contributed by atoms with Gasteiger partial charge in [-0.1, -0.05) is 37.6 Å². The molecule has 1 aromatic heterocycles. The van der Waals surface area contributed by atoms with Gasteiger partial charge in [-0.25, -0.2) is 4.98 Å². The molecule has 0 aliphatic heterocycles. The highest BCUT2D eigenvalue weighted by atomic mass is 16.2. The summed E-state index contributed by atoms with van der Waals surface area (Å²) in [6, 6.07) is 8.12. The van der Waals surface area contributed by atoms with Crippen LogP contribution in [0.4, 0.5) is 0 Å². The molecule has 1 aliphatic carbocycles. The summed E-state index contributed by atoms with van der Waals surface area (Å²) >= 11 is 0. The first-order chi connectivity index (χ1) is 11.3. The Hall–Kier alpha value is -2.10. The van der Waals surface area contributed by atoms with E-state index in [4.69, 9.17) is 0 Å². The van der Waals surface area contributed by atoms with E-state index in [-0.39, 0.29) is 17.2 Å². The number of nitrogens with zero attached hydrogens (tertiary/aromatic N) is 2. The molecule has 0 saturated heterocycles. The summed E-state index contributed by atoms with van der Waals surface area (Å²) in [7, 11) is 0. The van der Waals surface area contributed by atoms with Crippen LogP contribution in [0.25, 0.3) is 11.0 Å². The summed E-state index contributed by atoms with van der Waals surface area (Å²) in [5, 5.41) is 3.12. The Kier molecular flexibility index (Phi) is 4.24. The van der Waals surface area contributed by atoms with Crippen molar-refractivity contribution in [3.05, 3.63) is 41.7 Å². The van der Waals surface area contributed by atoms with Crippen LogP contribution in [0.1, 0.15) is 33.5 Å². The Bertz CT molecular complexity index is 796. The van der Waals surface area contributed by atoms with Gasteiger partial charge in [-0.2, -0.15) is 0 Å². The van der Waals surface area contributed by atoms with Gasteiger partial charge in [-0.15, -0.1) is 0 Å². The Morgan fingerprint density at radius 3 is 2.75 bits per heavy atom. The van der Waals surface area contributed by atoms with Crippen molar-refractivity contribution in [1.29, 1.82) is 0 Å². The lowest BCUT2D eigenvalue weighted by Gasteiger charge is -2.09. The summed E-state index contributed by atoms with van der Waals surface area (Å²) in [6.45, 7) is 11.9. The van der Waals surface area contributed by atoms with Gasteiger partial charge in [0.2, 0.25) is 5.91 Å². The maximum absolute atomic E-state index is 12.5. The third kappa shape index (κ3) is 2.97. The minimum Gasteiger partial charge on any atom is -0.354 e. The Morgan fingerprint density at radius 2 is 2.04 bits per heavy atom. The zero-order valence-electron chi connectivity index (χ0n) is 15.3. The lowest BCUT2D eigenvalue weighted by molar-refractivity contribution is -0.123. The lowest BCUT2D eigenvalue weighted by Crippen LogP contribution is -2.30. The molecule has 1 amide bonds. The molecule has 0 bridgehead atoms. The van der Waals surface area contributed by atoms with Gasteiger partial charge in [0.05, 0.1) is 17.0 Å². The Morgan fingerprint density at radius 1 is 1.33 bits per heavy atom. The molecular weight excluding hydrogens is 298 g/mol. The summed E-state index contributed by atoms with van der Waals surface area (Å²) in [6.07, 6.45) is 2.23. The van der Waals surface area contributed by atoms with Crippen molar-refractivity contribution in [3.8, 4) is 0 Å². The molecule has 1 aliphatic rings. The number of aromatic nitrogens is 2. The topological polar surface area (TPSA) is 46.9 Å². The number of benzene rings is 1. The summed E-state index contributed by atoms with van der Waals surface area (Å²) in [5.74, 6) is 1.61. The fraction of sp³-hybridized carbons (Fsp3) is 0.500. The monoisotopic (exact) mass is 325 g/mol. The van der Waals surface area contributed by atoms with E-state index in [9.17, 15) is 4.79 Å². The first-order valence-electron chi connectivity index (χ1n) is 8.67. The van der Waals surface area contributed by atoms with Crippen molar-refractivity contribution >= 4 is 16.9 Å². The van der Waals surface area contributed by atoms with Crippen LogP contribution in [0.15, 0.2) is 35.9 Å². The minimum absolute atomic E-state index is 0.0684. The highest BCUT2D eigenvalue weighted by Crippen LogP contribution is 2.59. The summed E-state index contributed by atoms with van der Waals surface area (Å²) in [5.41, 5.74) is 3.48. The second kappa shape index (κ2) is 6.08. The number of aryl methyl sites for hydroxylation is 1. The average molecular weight is 325 g/mol. The fourth-order valence-corrected chi connectivity index (χ4v) is 3.73. The molecule has 4 heteroatoms. The van der Waals surface area contributed by atoms with E-state index in [0.717, 1.165) is 23.4 Å². The maximum atomic E-state index is 12.5. The molecule has 128 valence electrons. The third-order valence-electron chi connectivity index (χ3n) is 5.19. The summed E-state index contributed by atoms with van der Waals surface area (Å²) < 4.78 is 2.17. The van der Waals surface area contributed by atoms with Crippen LogP contribution in [0.2, 0.25) is 0 Å². The second-order valence-corrected chi connectivity index (χ2v) is 7.66. The molecule has 1 fully saturated rings. The van der Waals surface area contributed by atoms with Crippen LogP contribution < -0.4 is 5.32 Å². The third-order valence-corrected chi connectivity index (χ3v) is 5.19. The smallest absolute Gasteiger partial charge is 0.224 e. The highest BCUT2D eigenvalue weighted by molar-refractivity contribution is 5.83. The zero-order chi connectivity index (χ0) is 17.5. The SMILES string of the molecule is CC(C)=C[C@H]1[C@@H](C(=O)NCCn2c(C)nc3ccccc32)C1(C)C. The maximum Gasteiger partial charge on any atom is 0.224 e. The Balaban J connectivity index is 1.62. The van der Waals surface area contributed by atoms with Crippen LogP contribution in [-0.2, 0) is 11.3 Å². The van der Waals surface area contributed by atoms with Crippen LogP contribution >= 0.6 is 0 Å². The Labute approximate surface area is 144 Å². The number of fused-ring (bicyclic) bond motifs is 1. The quantitative estimate of drug-likeness (QED) is 0.852. The molecule has 3 rings (SSSR count). The molecule has 24 heavy (non-hydrogen) atoms. The molecule has 1 aromatic carbocycles. The fourth-order valence-electron chi connectivity index (χ4n) is 3.73. The van der Waals surface area contributed by atoms with E-state index in [1.54, 1.807) is 0 Å². The number of rotatable bonds is 5. The van der Waals surface area contributed by atoms with E-state index in [2.05, 4.69) is 54.7 Å². The van der Waals surface area contributed by atoms with Crippen molar-refractivity contribution in [2.75, 3.05) is 6.54 Å². The van der Waals surface area contributed by atoms with Crippen molar-refractivity contribution < 1.29 is 4.79 Å². The molecule has 0 spiro atoms. The van der Waals surface area contributed by atoms with Gasteiger partial charge in [0.15, 0.2) is 0 Å². The standard InChI is InChI=1S/C20H27N3O/c1-13(2)12-15-18(20(15,4)5)19(24)21-10-11-23-14(3)22-16-8-6-7-9-17(16)23/h6-9,12,15,18H,10-11H2,1-5H3,(H,21,24)/t15-,18-/m0/s1. The van der Waals surface area contributed by atoms with E-state index >= 15 is 0 Å². The van der Waals surface area contributed by atoms with Gasteiger partial charge < -0.3 is 9.88 Å². The van der Waals surface area contributed by atoms with Crippen LogP contribution in [0.3, 0.4) is 0 Å². The molecule has 1 heterocycles. The highest BCUT2D eigenvalue weighted by Gasteiger charge is 2.60. The number of carbonyl (C=O) groups is 1. The van der Waals surface area contributed by atoms with Crippen LogP contribution in [0.5, 0.6) is 0 Å². The van der Waals surface area contributed by atoms with Gasteiger partial charge in [-0.05, 0) is 44.2 Å². The second-order valence-electron chi connectivity index (χ2n) is 7.66. The molecule has 1 saturated carbocycles. The number of hydrogen-bond acceptors (Lipinski definition) is 2. The van der Waals surface area contributed by atoms with Crippen LogP contribution in [0, 0.1) is 24.2 Å². The van der Waals surface area contributed by atoms with Gasteiger partial charge in [0.1, 0.15) is 5.82 Å². The van der Waals surface area contributed by atoms with Crippen molar-refractivity contribution in [2.24, 2.45) is 17.3 Å². The normalized spacial score (nSPS) is 21.5. The van der Waals surface area contributed by atoms with Crippen molar-refractivity contribution in [3.63, 3.8) is 0 Å². The van der Waals surface area contributed by atoms with Gasteiger partial charge in [-0.3, -0.25) is 4.79 Å². The predicted octanol–water partition coefficient (Wildman–Crippen LogP) is 3.70. The first kappa shape index (κ1) is 16.7. The number of para-hydroxylation sites is 2. The summed E-state index contributed by atoms with van der Waals surface area (Å²) in [4.78, 5) is 17.1. The number of imidazole rings is 1. The minimum atomic E-state index is 0.0684. The number of amides is 1. The molecule has 1 N–H and O–H groups in total. The van der Waals surface area contributed by atoms with E-state index in [1.165, 1.54) is 5.57 Å². The number of hydrogen-bond donors (Lipinski definition) is 1. The van der Waals surface area contributed by atoms with E-state index < -0.39 is 0 Å². The molecule has 2 atom stereocenters. The molecular formula is C20H27N3O. The van der Waals surface area contributed by atoms with E-state index in [1.807, 2.05) is 25.1 Å². The predicted molar refractivity (Wildman–Crippen MR) is 97.7 cm³/mol. The first-order valence-corrected chi connectivity index (χ1v) is 8.67. The number of carbonyl (C=O) groups excluding carboxylic acids is 1. The van der Waals surface area contributed by atoms with Gasteiger partial charge in [0.25, 0.3) is 0 Å². The van der Waals surface area contributed by atoms with E-state index in [0.29, 0.717) is 12.5 Å². The molecule has 2 aromatic rings. The lowest BCUT2D eigenvalue weighted by atomic mass is 10.1. The largest absolute Gasteiger partial charge is 0.354 e. The van der Waals surface area contributed by atoms with Gasteiger partial charge >= 0.3 is 0 Å². The van der Waals surface area contributed by atoms with Crippen LogP contribution in [-0.4, -0.2) is 22.0 Å². The van der Waals surface area contributed by atoms with Crippen molar-refractivity contribution in [2.45, 2.75) is 41.2 Å². The number of allylic oxidation sites excluding steroid dienone is 2. The average Bonchev–Trinajstić information content (AvgIpc) is 2.88. The van der Waals surface area contributed by atoms with Gasteiger partial charge in [0, 0.05) is 13.1 Å². The zero-order valence-corrected chi connectivity index (χ0v) is 15.3. The number of nitrogens with one attached hydrogen (secondary N) is 1. The molecule has 0 unspecified atom stereocenters.